The summed E-state index contributed by atoms with van der Waals surface area (Å²) in [4.78, 5) is 6.62. The van der Waals surface area contributed by atoms with Crippen LogP contribution in [0.2, 0.25) is 0 Å². The largest absolute Gasteiger partial charge is 0.340 e. The van der Waals surface area contributed by atoms with Crippen molar-refractivity contribution >= 4 is 5.65 Å². The van der Waals surface area contributed by atoms with Gasteiger partial charge in [0.2, 0.25) is 5.89 Å². The molecule has 1 aliphatic heterocycles. The normalized spacial score (nSPS) is 17.1. The van der Waals surface area contributed by atoms with E-state index in [-0.39, 0.29) is 0 Å². The highest BCUT2D eigenvalue weighted by Gasteiger charge is 2.25. The lowest BCUT2D eigenvalue weighted by molar-refractivity contribution is 0.194. The highest BCUT2D eigenvalue weighted by molar-refractivity contribution is 5.36. The third-order valence-corrected chi connectivity index (χ3v) is 4.31. The van der Waals surface area contributed by atoms with Crippen molar-refractivity contribution in [3.8, 4) is 0 Å². The van der Waals surface area contributed by atoms with Crippen LogP contribution in [0.15, 0.2) is 16.7 Å². The van der Waals surface area contributed by atoms with Crippen molar-refractivity contribution in [3.05, 3.63) is 35.4 Å². The number of hydrogen-bond acceptors (Lipinski definition) is 7. The molecule has 0 atom stereocenters. The van der Waals surface area contributed by atoms with Gasteiger partial charge in [0.05, 0.1) is 12.2 Å². The smallest absolute Gasteiger partial charge is 0.223 e. The van der Waals surface area contributed by atoms with Gasteiger partial charge in [-0.25, -0.2) is 0 Å². The van der Waals surface area contributed by atoms with E-state index in [1.807, 2.05) is 30.5 Å². The van der Waals surface area contributed by atoms with E-state index in [1.54, 1.807) is 0 Å². The van der Waals surface area contributed by atoms with Crippen LogP contribution in [0.1, 0.15) is 42.0 Å². The maximum Gasteiger partial charge on any atom is 0.223 e. The molecule has 23 heavy (non-hydrogen) atoms. The van der Waals surface area contributed by atoms with Crippen LogP contribution in [-0.4, -0.2) is 47.9 Å². The molecule has 0 aromatic carbocycles. The molecule has 0 aliphatic carbocycles. The van der Waals surface area contributed by atoms with Crippen LogP contribution in [-0.2, 0) is 6.54 Å². The standard InChI is InChI=1S/C15H19N7O/c1-10-3-4-14-17-18-15(22(14)19-10)12-5-7-21(8-6-12)9-13-16-11(2)23-20-13/h3-4,12H,5-9H2,1-2H3. The summed E-state index contributed by atoms with van der Waals surface area (Å²) in [7, 11) is 0. The Bertz CT molecular complexity index is 816. The molecule has 1 fully saturated rings. The first-order valence-corrected chi connectivity index (χ1v) is 7.89. The zero-order valence-electron chi connectivity index (χ0n) is 13.3. The van der Waals surface area contributed by atoms with E-state index in [9.17, 15) is 0 Å². The van der Waals surface area contributed by atoms with E-state index in [2.05, 4.69) is 30.3 Å². The minimum absolute atomic E-state index is 0.391. The van der Waals surface area contributed by atoms with Gasteiger partial charge in [-0.05, 0) is 45.0 Å². The number of likely N-dealkylation sites (tertiary alicyclic amines) is 1. The fourth-order valence-corrected chi connectivity index (χ4v) is 3.11. The summed E-state index contributed by atoms with van der Waals surface area (Å²) in [6, 6.07) is 3.93. The molecule has 120 valence electrons. The van der Waals surface area contributed by atoms with Crippen molar-refractivity contribution in [2.45, 2.75) is 39.2 Å². The van der Waals surface area contributed by atoms with Crippen LogP contribution in [0, 0.1) is 13.8 Å². The summed E-state index contributed by atoms with van der Waals surface area (Å²) in [6.07, 6.45) is 2.07. The molecule has 0 spiro atoms. The Kier molecular flexibility index (Phi) is 3.53. The third kappa shape index (κ3) is 2.81. The summed E-state index contributed by atoms with van der Waals surface area (Å²) in [5.41, 5.74) is 1.79. The lowest BCUT2D eigenvalue weighted by Gasteiger charge is -2.29. The molecule has 3 aromatic rings. The first-order valence-electron chi connectivity index (χ1n) is 7.89. The van der Waals surface area contributed by atoms with Crippen LogP contribution < -0.4 is 0 Å². The monoisotopic (exact) mass is 313 g/mol. The third-order valence-electron chi connectivity index (χ3n) is 4.31. The molecular formula is C15H19N7O. The van der Waals surface area contributed by atoms with Crippen LogP contribution >= 0.6 is 0 Å². The van der Waals surface area contributed by atoms with E-state index in [0.29, 0.717) is 11.8 Å². The molecule has 1 aliphatic rings. The molecular weight excluding hydrogens is 294 g/mol. The molecule has 4 rings (SSSR count). The second-order valence-electron chi connectivity index (χ2n) is 6.08. The minimum atomic E-state index is 0.391. The number of rotatable bonds is 3. The molecule has 8 nitrogen and oxygen atoms in total. The molecule has 8 heteroatoms. The van der Waals surface area contributed by atoms with E-state index in [0.717, 1.165) is 55.5 Å². The maximum absolute atomic E-state index is 5.03. The summed E-state index contributed by atoms with van der Waals surface area (Å²) < 4.78 is 6.91. The number of aryl methyl sites for hydroxylation is 2. The quantitative estimate of drug-likeness (QED) is 0.724. The van der Waals surface area contributed by atoms with Crippen molar-refractivity contribution in [2.75, 3.05) is 13.1 Å². The number of piperidine rings is 1. The molecule has 0 amide bonds. The lowest BCUT2D eigenvalue weighted by Crippen LogP contribution is -2.33. The molecule has 4 heterocycles. The highest BCUT2D eigenvalue weighted by Crippen LogP contribution is 2.27. The van der Waals surface area contributed by atoms with Crippen molar-refractivity contribution in [1.82, 2.24) is 34.9 Å². The number of fused-ring (bicyclic) bond motifs is 1. The lowest BCUT2D eigenvalue weighted by atomic mass is 9.96. The van der Waals surface area contributed by atoms with Gasteiger partial charge in [-0.2, -0.15) is 14.6 Å². The first-order chi connectivity index (χ1) is 11.2. The van der Waals surface area contributed by atoms with Gasteiger partial charge in [0.1, 0.15) is 0 Å². The Morgan fingerprint density at radius 3 is 2.74 bits per heavy atom. The van der Waals surface area contributed by atoms with Gasteiger partial charge >= 0.3 is 0 Å². The fourth-order valence-electron chi connectivity index (χ4n) is 3.11. The molecule has 0 radical (unpaired) electrons. The summed E-state index contributed by atoms with van der Waals surface area (Å²) >= 11 is 0. The Morgan fingerprint density at radius 1 is 1.17 bits per heavy atom. The van der Waals surface area contributed by atoms with Gasteiger partial charge in [-0.1, -0.05) is 5.16 Å². The molecule has 3 aromatic heterocycles. The highest BCUT2D eigenvalue weighted by atomic mass is 16.5. The average molecular weight is 313 g/mol. The van der Waals surface area contributed by atoms with E-state index < -0.39 is 0 Å². The maximum atomic E-state index is 5.03. The topological polar surface area (TPSA) is 85.2 Å². The molecule has 0 bridgehead atoms. The van der Waals surface area contributed by atoms with Crippen molar-refractivity contribution in [2.24, 2.45) is 0 Å². The van der Waals surface area contributed by atoms with Crippen LogP contribution in [0.5, 0.6) is 0 Å². The van der Waals surface area contributed by atoms with Crippen LogP contribution in [0.3, 0.4) is 0 Å². The van der Waals surface area contributed by atoms with E-state index in [4.69, 9.17) is 4.52 Å². The number of aromatic nitrogens is 6. The molecule has 1 saturated heterocycles. The van der Waals surface area contributed by atoms with Crippen molar-refractivity contribution in [1.29, 1.82) is 0 Å². The second kappa shape index (κ2) is 5.69. The van der Waals surface area contributed by atoms with Gasteiger partial charge in [0.15, 0.2) is 17.3 Å². The molecule has 0 unspecified atom stereocenters. The SMILES string of the molecule is Cc1ccc2nnc(C3CCN(Cc4noc(C)n4)CC3)n2n1. The predicted octanol–water partition coefficient (Wildman–Crippen LogP) is 1.50. The van der Waals surface area contributed by atoms with Gasteiger partial charge in [-0.3, -0.25) is 4.90 Å². The molecule has 0 saturated carbocycles. The van der Waals surface area contributed by atoms with Crippen LogP contribution in [0.25, 0.3) is 5.65 Å². The first kappa shape index (κ1) is 14.3. The zero-order valence-corrected chi connectivity index (χ0v) is 13.3. The summed E-state index contributed by atoms with van der Waals surface area (Å²) in [5.74, 6) is 2.73. The second-order valence-corrected chi connectivity index (χ2v) is 6.08. The van der Waals surface area contributed by atoms with Crippen molar-refractivity contribution < 1.29 is 4.52 Å². The Labute approximate surface area is 133 Å². The number of nitrogens with zero attached hydrogens (tertiary/aromatic N) is 7. The Hall–Kier alpha value is -2.35. The fraction of sp³-hybridized carbons (Fsp3) is 0.533. The predicted molar refractivity (Wildman–Crippen MR) is 81.8 cm³/mol. The summed E-state index contributed by atoms with van der Waals surface area (Å²) in [5, 5.41) is 17.1. The summed E-state index contributed by atoms with van der Waals surface area (Å²) in [6.45, 7) is 6.51. The minimum Gasteiger partial charge on any atom is -0.340 e. The van der Waals surface area contributed by atoms with Gasteiger partial charge < -0.3 is 4.52 Å². The zero-order chi connectivity index (χ0) is 15.8. The van der Waals surface area contributed by atoms with Gasteiger partial charge in [0, 0.05) is 12.8 Å². The van der Waals surface area contributed by atoms with E-state index >= 15 is 0 Å². The number of hydrogen-bond donors (Lipinski definition) is 0. The van der Waals surface area contributed by atoms with Gasteiger partial charge in [0.25, 0.3) is 0 Å². The average Bonchev–Trinajstić information content (AvgIpc) is 3.14. The van der Waals surface area contributed by atoms with Crippen molar-refractivity contribution in [3.63, 3.8) is 0 Å². The molecule has 0 N–H and O–H groups in total. The van der Waals surface area contributed by atoms with E-state index in [1.165, 1.54) is 0 Å². The Balaban J connectivity index is 1.45. The van der Waals surface area contributed by atoms with Crippen LogP contribution in [0.4, 0.5) is 0 Å². The van der Waals surface area contributed by atoms with Gasteiger partial charge in [-0.15, -0.1) is 10.2 Å². The Morgan fingerprint density at radius 2 is 2.00 bits per heavy atom.